The Morgan fingerprint density at radius 2 is 2.00 bits per heavy atom. The van der Waals surface area contributed by atoms with Crippen LogP contribution in [0.25, 0.3) is 0 Å². The van der Waals surface area contributed by atoms with Gasteiger partial charge in [-0.05, 0) is 18.9 Å². The van der Waals surface area contributed by atoms with E-state index in [1.54, 1.807) is 6.08 Å². The van der Waals surface area contributed by atoms with Crippen LogP contribution in [0.3, 0.4) is 0 Å². The van der Waals surface area contributed by atoms with Crippen LogP contribution in [-0.2, 0) is 7.05 Å². The van der Waals surface area contributed by atoms with Gasteiger partial charge in [0.05, 0.1) is 0 Å². The van der Waals surface area contributed by atoms with Crippen molar-refractivity contribution >= 4 is 5.91 Å². The highest BCUT2D eigenvalue weighted by Crippen LogP contribution is 2.07. The molecule has 1 aliphatic carbocycles. The van der Waals surface area contributed by atoms with Gasteiger partial charge in [0.2, 0.25) is 0 Å². The van der Waals surface area contributed by atoms with Crippen LogP contribution in [0.5, 0.6) is 0 Å². The van der Waals surface area contributed by atoms with Gasteiger partial charge in [0, 0.05) is 18.9 Å². The third kappa shape index (κ3) is 3.81. The molecule has 0 saturated carbocycles. The number of aryl methyl sites for hydroxylation is 1. The molecule has 0 aliphatic heterocycles. The number of nitrogens with one attached hydrogen (secondary N) is 2. The molecule has 20 heavy (non-hydrogen) atoms. The van der Waals surface area contributed by atoms with Crippen molar-refractivity contribution in [1.29, 1.82) is 0 Å². The number of H-pyrrole nitrogens is 1. The van der Waals surface area contributed by atoms with Crippen molar-refractivity contribution in [3.63, 3.8) is 0 Å². The average Bonchev–Trinajstić information content (AvgIpc) is 2.46. The normalized spacial score (nSPS) is 13.1. The monoisotopic (exact) mass is 277 g/mol. The fourth-order valence-electron chi connectivity index (χ4n) is 1.63. The molecule has 2 rings (SSSR count). The molecular weight excluding hydrogens is 258 g/mol. The van der Waals surface area contributed by atoms with Gasteiger partial charge in [0.1, 0.15) is 5.56 Å². The van der Waals surface area contributed by atoms with Crippen LogP contribution in [-0.4, -0.2) is 15.5 Å². The molecule has 0 radical (unpaired) electrons. The molecule has 0 unspecified atom stereocenters. The van der Waals surface area contributed by atoms with Crippen molar-refractivity contribution in [1.82, 2.24) is 14.9 Å². The second-order valence-electron chi connectivity index (χ2n) is 4.01. The zero-order valence-electron chi connectivity index (χ0n) is 11.9. The Kier molecular flexibility index (Phi) is 5.71. The van der Waals surface area contributed by atoms with Crippen LogP contribution in [0.15, 0.2) is 39.7 Å². The summed E-state index contributed by atoms with van der Waals surface area (Å²) < 4.78 is 1.15. The lowest BCUT2D eigenvalue weighted by molar-refractivity contribution is 0.0964. The van der Waals surface area contributed by atoms with Crippen molar-refractivity contribution in [3.8, 4) is 0 Å². The van der Waals surface area contributed by atoms with E-state index >= 15 is 0 Å². The molecule has 0 saturated heterocycles. The minimum absolute atomic E-state index is 0.0861. The first-order valence-electron chi connectivity index (χ1n) is 6.56. The zero-order valence-corrected chi connectivity index (χ0v) is 11.9. The summed E-state index contributed by atoms with van der Waals surface area (Å²) in [5.74, 6) is -0.523. The topological polar surface area (TPSA) is 84.0 Å². The molecular formula is C14H19N3O3. The largest absolute Gasteiger partial charge is 0.328 e. The van der Waals surface area contributed by atoms with Gasteiger partial charge < -0.3 is 9.88 Å². The van der Waals surface area contributed by atoms with Crippen LogP contribution in [0.4, 0.5) is 0 Å². The summed E-state index contributed by atoms with van der Waals surface area (Å²) in [6.45, 7) is 4.00. The van der Waals surface area contributed by atoms with Gasteiger partial charge >= 0.3 is 5.69 Å². The Hall–Kier alpha value is -2.37. The maximum absolute atomic E-state index is 11.9. The van der Waals surface area contributed by atoms with Crippen LogP contribution in [0, 0.1) is 0 Å². The van der Waals surface area contributed by atoms with Crippen LogP contribution in [0.2, 0.25) is 0 Å². The first kappa shape index (κ1) is 15.7. The summed E-state index contributed by atoms with van der Waals surface area (Å²) in [7, 11) is 1.47. The van der Waals surface area contributed by atoms with Crippen molar-refractivity contribution in [3.05, 3.63) is 56.5 Å². The quantitative estimate of drug-likeness (QED) is 0.848. The number of carbonyl (C=O) groups excluding carboxylic acids is 1. The van der Waals surface area contributed by atoms with Gasteiger partial charge in [-0.2, -0.15) is 0 Å². The lowest BCUT2D eigenvalue weighted by Crippen LogP contribution is -2.35. The zero-order chi connectivity index (χ0) is 15.1. The minimum Gasteiger partial charge on any atom is -0.322 e. The Bertz CT molecular complexity index is 650. The van der Waals surface area contributed by atoms with Crippen molar-refractivity contribution in [2.75, 3.05) is 0 Å². The molecule has 1 aromatic rings. The molecule has 0 spiro atoms. The van der Waals surface area contributed by atoms with Gasteiger partial charge in [-0.3, -0.25) is 14.6 Å². The summed E-state index contributed by atoms with van der Waals surface area (Å²) in [4.78, 5) is 36.6. The highest BCUT2D eigenvalue weighted by atomic mass is 16.2. The van der Waals surface area contributed by atoms with Crippen molar-refractivity contribution in [2.45, 2.75) is 26.7 Å². The van der Waals surface area contributed by atoms with Gasteiger partial charge in [-0.25, -0.2) is 4.79 Å². The van der Waals surface area contributed by atoms with E-state index in [1.807, 2.05) is 26.0 Å². The summed E-state index contributed by atoms with van der Waals surface area (Å²) in [6.07, 6.45) is 8.64. The summed E-state index contributed by atoms with van der Waals surface area (Å²) in [5.41, 5.74) is -0.652. The van der Waals surface area contributed by atoms with Gasteiger partial charge in [-0.15, -0.1) is 0 Å². The molecule has 6 heteroatoms. The molecule has 1 aromatic heterocycles. The highest BCUT2D eigenvalue weighted by Gasteiger charge is 2.13. The molecule has 1 aliphatic rings. The van der Waals surface area contributed by atoms with E-state index in [0.29, 0.717) is 5.70 Å². The van der Waals surface area contributed by atoms with E-state index in [0.717, 1.165) is 17.4 Å². The molecule has 0 aromatic carbocycles. The first-order valence-corrected chi connectivity index (χ1v) is 6.56. The Morgan fingerprint density at radius 1 is 1.30 bits per heavy atom. The van der Waals surface area contributed by atoms with Gasteiger partial charge in [-0.1, -0.05) is 26.0 Å². The lowest BCUT2D eigenvalue weighted by Gasteiger charge is -2.09. The van der Waals surface area contributed by atoms with E-state index in [4.69, 9.17) is 0 Å². The van der Waals surface area contributed by atoms with Crippen LogP contribution in [0.1, 0.15) is 37.0 Å². The second-order valence-corrected chi connectivity index (χ2v) is 4.01. The van der Waals surface area contributed by atoms with Crippen LogP contribution < -0.4 is 16.6 Å². The molecule has 2 N–H and O–H groups in total. The molecule has 1 heterocycles. The standard InChI is InChI=1S/C12H13N3O3.C2H6/c1-15-7-9(11(17)14-12(15)18)10(16)13-8-5-3-2-4-6-8;1-2/h3,5-7H,2,4H2,1H3,(H,13,16)(H,14,17,18);1-2H3. The predicted molar refractivity (Wildman–Crippen MR) is 77.6 cm³/mol. The summed E-state index contributed by atoms with van der Waals surface area (Å²) >= 11 is 0. The third-order valence-corrected chi connectivity index (χ3v) is 2.61. The van der Waals surface area contributed by atoms with Gasteiger partial charge in [0.15, 0.2) is 0 Å². The summed E-state index contributed by atoms with van der Waals surface area (Å²) in [6, 6.07) is 0. The molecule has 6 nitrogen and oxygen atoms in total. The number of aromatic amines is 1. The molecule has 0 bridgehead atoms. The first-order chi connectivity index (χ1) is 9.58. The number of rotatable bonds is 2. The van der Waals surface area contributed by atoms with Crippen molar-refractivity contribution < 1.29 is 4.79 Å². The number of amides is 1. The van der Waals surface area contributed by atoms with Crippen LogP contribution >= 0.6 is 0 Å². The maximum Gasteiger partial charge on any atom is 0.328 e. The SMILES string of the molecule is CC.Cn1cc(C(=O)NC2=CCCC=C2)c(=O)[nH]c1=O. The van der Waals surface area contributed by atoms with E-state index < -0.39 is 17.2 Å². The molecule has 0 fully saturated rings. The smallest absolute Gasteiger partial charge is 0.322 e. The van der Waals surface area contributed by atoms with Gasteiger partial charge in [0.25, 0.3) is 11.5 Å². The van der Waals surface area contributed by atoms with Crippen molar-refractivity contribution in [2.24, 2.45) is 7.05 Å². The molecule has 0 atom stereocenters. The summed E-state index contributed by atoms with van der Waals surface area (Å²) in [5, 5.41) is 2.62. The Labute approximate surface area is 116 Å². The fraction of sp³-hybridized carbons (Fsp3) is 0.357. The molecule has 108 valence electrons. The van der Waals surface area contributed by atoms with E-state index in [2.05, 4.69) is 10.3 Å². The highest BCUT2D eigenvalue weighted by molar-refractivity contribution is 5.94. The predicted octanol–water partition coefficient (Wildman–Crippen LogP) is 1.06. The fourth-order valence-corrected chi connectivity index (χ4v) is 1.63. The number of aromatic nitrogens is 2. The number of hydrogen-bond acceptors (Lipinski definition) is 3. The van der Waals surface area contributed by atoms with E-state index in [1.165, 1.54) is 13.2 Å². The average molecular weight is 277 g/mol. The Balaban J connectivity index is 0.000000956. The number of nitrogens with zero attached hydrogens (tertiary/aromatic N) is 1. The maximum atomic E-state index is 11.9. The number of hydrogen-bond donors (Lipinski definition) is 2. The molecule has 1 amide bonds. The van der Waals surface area contributed by atoms with E-state index in [9.17, 15) is 14.4 Å². The second kappa shape index (κ2) is 7.28. The third-order valence-electron chi connectivity index (χ3n) is 2.61. The van der Waals surface area contributed by atoms with E-state index in [-0.39, 0.29) is 5.56 Å². The minimum atomic E-state index is -0.684. The number of allylic oxidation sites excluding steroid dienone is 3. The lowest BCUT2D eigenvalue weighted by atomic mass is 10.1. The number of carbonyl (C=O) groups is 1. The Morgan fingerprint density at radius 3 is 2.60 bits per heavy atom.